The van der Waals surface area contributed by atoms with Crippen molar-refractivity contribution in [3.8, 4) is 0 Å². The molecule has 0 saturated carbocycles. The summed E-state index contributed by atoms with van der Waals surface area (Å²) in [5.74, 6) is -1.41. The van der Waals surface area contributed by atoms with Crippen LogP contribution in [0, 0.1) is 0 Å². The maximum absolute atomic E-state index is 12.6. The molecule has 6 aliphatic heterocycles. The van der Waals surface area contributed by atoms with E-state index >= 15 is 0 Å². The number of carbonyl (C=O) groups excluding carboxylic acids is 7. The van der Waals surface area contributed by atoms with Crippen molar-refractivity contribution in [1.29, 1.82) is 0 Å². The van der Waals surface area contributed by atoms with E-state index in [0.717, 1.165) is 16.7 Å². The van der Waals surface area contributed by atoms with Crippen LogP contribution >= 0.6 is 0 Å². The molecule has 18 heteroatoms. The molecule has 18 nitrogen and oxygen atoms in total. The maximum atomic E-state index is 12.6. The second-order valence-corrected chi connectivity index (χ2v) is 17.0. The van der Waals surface area contributed by atoms with E-state index in [-0.39, 0.29) is 82.2 Å². The second-order valence-electron chi connectivity index (χ2n) is 17.0. The number of nitrogens with zero attached hydrogens (tertiary/aromatic N) is 3. The molecule has 72 heavy (non-hydrogen) atoms. The molecule has 9 rings (SSSR count). The number of hydrogen-bond acceptors (Lipinski definition) is 15. The van der Waals surface area contributed by atoms with Crippen molar-refractivity contribution in [1.82, 2.24) is 14.7 Å². The quantitative estimate of drug-likeness (QED) is 0.0439. The van der Waals surface area contributed by atoms with Crippen molar-refractivity contribution in [3.05, 3.63) is 180 Å². The van der Waals surface area contributed by atoms with Crippen LogP contribution in [0.1, 0.15) is 55.2 Å². The van der Waals surface area contributed by atoms with Crippen molar-refractivity contribution >= 4 is 41.9 Å². The standard InChI is InChI=1S/2C18H19NO5.C18H17NO5/c3*1-2-6-13(10-20)17-16(19-14(21)9-15(19)24-17)18(22)23-11-12-7-4-3-5-8-12/h2*2-5,7-8,15-16,20H,1,6,9-11H2;2-5,7-8,10,15-16H,1,6,9,11H2/b17-13+;17-13-;/t3*15-,16?/m111/s1. The van der Waals surface area contributed by atoms with Gasteiger partial charge in [-0.2, -0.15) is 0 Å². The first-order chi connectivity index (χ1) is 35.0. The first-order valence-electron chi connectivity index (χ1n) is 23.2. The summed E-state index contributed by atoms with van der Waals surface area (Å²) in [6.07, 6.45) is 5.69. The highest BCUT2D eigenvalue weighted by Crippen LogP contribution is 2.41. The third-order valence-electron chi connectivity index (χ3n) is 12.2. The molecule has 0 bridgehead atoms. The molecule has 2 N–H and O–H groups in total. The van der Waals surface area contributed by atoms with Crippen molar-refractivity contribution in [2.45, 2.75) is 95.2 Å². The molecule has 0 aliphatic carbocycles. The van der Waals surface area contributed by atoms with Crippen LogP contribution < -0.4 is 0 Å². The van der Waals surface area contributed by atoms with Gasteiger partial charge in [-0.05, 0) is 47.1 Å². The van der Waals surface area contributed by atoms with Crippen molar-refractivity contribution < 1.29 is 72.2 Å². The first-order valence-corrected chi connectivity index (χ1v) is 23.2. The Hall–Kier alpha value is -8.09. The highest BCUT2D eigenvalue weighted by molar-refractivity contribution is 5.94. The van der Waals surface area contributed by atoms with Gasteiger partial charge in [0, 0.05) is 5.57 Å². The molecule has 0 radical (unpaired) electrons. The van der Waals surface area contributed by atoms with E-state index in [2.05, 4.69) is 19.7 Å². The van der Waals surface area contributed by atoms with E-state index in [1.165, 1.54) is 14.7 Å². The number of β-lactam (4-membered cyclic amide) rings is 3. The van der Waals surface area contributed by atoms with Crippen LogP contribution in [0.2, 0.25) is 0 Å². The topological polar surface area (TPSA) is 225 Å². The molecule has 376 valence electrons. The number of rotatable bonds is 18. The molecular weight excluding hydrogens is 931 g/mol. The Balaban J connectivity index is 0.000000158. The number of allylic oxidation sites excluding steroid dienone is 4. The summed E-state index contributed by atoms with van der Waals surface area (Å²) in [6, 6.07) is 25.0. The molecule has 0 aromatic heterocycles. The Bertz CT molecular complexity index is 2530. The van der Waals surface area contributed by atoms with Gasteiger partial charge in [0.2, 0.25) is 17.7 Å². The van der Waals surface area contributed by atoms with Gasteiger partial charge in [-0.3, -0.25) is 33.9 Å². The minimum absolute atomic E-state index is 0.0913. The first kappa shape index (κ1) is 51.8. The SMILES string of the molecule is C=CC/C(CO)=C1/O[C@@H]2CC(=O)N2C1C(=O)OCc1ccccc1.C=CC/C(CO)=C1\O[C@@H]2CC(=O)N2C1C(=O)OCc1ccccc1.C=CCC(C=O)=C1O[C@@H]2CC(=O)N2C1C(=O)OCc1ccccc1. The summed E-state index contributed by atoms with van der Waals surface area (Å²) in [6.45, 7) is 10.7. The molecule has 6 atom stereocenters. The fourth-order valence-corrected chi connectivity index (χ4v) is 8.53. The van der Waals surface area contributed by atoms with Crippen LogP contribution in [-0.2, 0) is 81.8 Å². The van der Waals surface area contributed by atoms with Gasteiger partial charge >= 0.3 is 17.9 Å². The average Bonchev–Trinajstić information content (AvgIpc) is 4.01. The lowest BCUT2D eigenvalue weighted by Crippen LogP contribution is -2.55. The average molecular weight is 986 g/mol. The molecule has 3 aromatic rings. The van der Waals surface area contributed by atoms with E-state index in [1.807, 2.05) is 91.0 Å². The fourth-order valence-electron chi connectivity index (χ4n) is 8.53. The van der Waals surface area contributed by atoms with Gasteiger partial charge in [0.25, 0.3) is 0 Å². The summed E-state index contributed by atoms with van der Waals surface area (Å²) in [4.78, 5) is 88.5. The number of aliphatic hydroxyl groups excluding tert-OH is 2. The van der Waals surface area contributed by atoms with Gasteiger partial charge in [-0.1, -0.05) is 109 Å². The summed E-state index contributed by atoms with van der Waals surface area (Å²) < 4.78 is 33.1. The summed E-state index contributed by atoms with van der Waals surface area (Å²) >= 11 is 0. The predicted octanol–water partition coefficient (Wildman–Crippen LogP) is 4.74. The Kier molecular flexibility index (Phi) is 17.4. The Labute approximate surface area is 415 Å². The molecule has 6 heterocycles. The minimum atomic E-state index is -1.000. The number of fused-ring (bicyclic) bond motifs is 3. The predicted molar refractivity (Wildman–Crippen MR) is 255 cm³/mol. The normalized spacial score (nSPS) is 23.8. The number of aldehydes is 1. The fraction of sp³-hybridized carbons (Fsp3) is 0.315. The molecule has 3 unspecified atom stereocenters. The number of hydrogen-bond donors (Lipinski definition) is 2. The second kappa shape index (κ2) is 24.2. The van der Waals surface area contributed by atoms with E-state index in [9.17, 15) is 43.8 Å². The largest absolute Gasteiger partial charge is 0.471 e. The third kappa shape index (κ3) is 11.4. The number of esters is 3. The van der Waals surface area contributed by atoms with E-state index in [0.29, 0.717) is 47.4 Å². The Morgan fingerprint density at radius 3 is 1.10 bits per heavy atom. The number of benzene rings is 3. The van der Waals surface area contributed by atoms with Crippen LogP contribution in [0.4, 0.5) is 0 Å². The molecular formula is C54H55N3O15. The molecule has 3 aromatic carbocycles. The summed E-state index contributed by atoms with van der Waals surface area (Å²) in [7, 11) is 0. The highest BCUT2D eigenvalue weighted by atomic mass is 16.6. The van der Waals surface area contributed by atoms with Gasteiger partial charge in [0.1, 0.15) is 43.4 Å². The monoisotopic (exact) mass is 985 g/mol. The molecule has 6 saturated heterocycles. The highest BCUT2D eigenvalue weighted by Gasteiger charge is 2.57. The van der Waals surface area contributed by atoms with E-state index in [4.69, 9.17) is 28.4 Å². The lowest BCUT2D eigenvalue weighted by atomic mass is 10.0. The van der Waals surface area contributed by atoms with Gasteiger partial charge in [-0.25, -0.2) is 14.4 Å². The number of aliphatic hydroxyl groups is 2. The van der Waals surface area contributed by atoms with E-state index in [1.54, 1.807) is 18.2 Å². The number of carbonyl (C=O) groups is 7. The minimum Gasteiger partial charge on any atom is -0.471 e. The molecule has 6 aliphatic rings. The Morgan fingerprint density at radius 1 is 0.514 bits per heavy atom. The number of ether oxygens (including phenoxy) is 6. The zero-order chi connectivity index (χ0) is 51.3. The lowest BCUT2D eigenvalue weighted by Gasteiger charge is -2.33. The summed E-state index contributed by atoms with van der Waals surface area (Å²) in [5.41, 5.74) is 3.92. The van der Waals surface area contributed by atoms with Crippen LogP contribution in [0.5, 0.6) is 0 Å². The maximum Gasteiger partial charge on any atom is 0.337 e. The smallest absolute Gasteiger partial charge is 0.337 e. The molecule has 6 fully saturated rings. The van der Waals surface area contributed by atoms with Crippen LogP contribution in [0.15, 0.2) is 163 Å². The lowest BCUT2D eigenvalue weighted by molar-refractivity contribution is -0.166. The van der Waals surface area contributed by atoms with E-state index < -0.39 is 54.7 Å². The van der Waals surface area contributed by atoms with Crippen molar-refractivity contribution in [2.24, 2.45) is 0 Å². The van der Waals surface area contributed by atoms with Crippen LogP contribution in [0.25, 0.3) is 0 Å². The molecule has 3 amide bonds. The number of amides is 3. The van der Waals surface area contributed by atoms with Gasteiger partial charge in [0.15, 0.2) is 36.8 Å². The van der Waals surface area contributed by atoms with Crippen LogP contribution in [-0.4, -0.2) is 117 Å². The van der Waals surface area contributed by atoms with Gasteiger partial charge < -0.3 is 38.6 Å². The van der Waals surface area contributed by atoms with Crippen molar-refractivity contribution in [3.63, 3.8) is 0 Å². The third-order valence-corrected chi connectivity index (χ3v) is 12.2. The molecule has 0 spiro atoms. The Morgan fingerprint density at radius 2 is 0.819 bits per heavy atom. The van der Waals surface area contributed by atoms with Crippen LogP contribution in [0.3, 0.4) is 0 Å². The zero-order valence-electron chi connectivity index (χ0n) is 39.4. The van der Waals surface area contributed by atoms with Gasteiger partial charge in [-0.15, -0.1) is 19.7 Å². The summed E-state index contributed by atoms with van der Waals surface area (Å²) in [5, 5.41) is 19.1. The van der Waals surface area contributed by atoms with Gasteiger partial charge in [0.05, 0.1) is 32.5 Å². The van der Waals surface area contributed by atoms with Crippen molar-refractivity contribution in [2.75, 3.05) is 13.2 Å². The zero-order valence-corrected chi connectivity index (χ0v) is 39.4.